The molecule has 5 nitrogen and oxygen atoms in total. The predicted octanol–water partition coefficient (Wildman–Crippen LogP) is 2.23. The third-order valence-electron chi connectivity index (χ3n) is 3.56. The smallest absolute Gasteiger partial charge is 0.251 e. The molecule has 1 aromatic heterocycles. The van der Waals surface area contributed by atoms with Crippen molar-refractivity contribution in [3.8, 4) is 0 Å². The molecule has 1 heterocycles. The van der Waals surface area contributed by atoms with Crippen LogP contribution in [0.3, 0.4) is 0 Å². The van der Waals surface area contributed by atoms with Crippen LogP contribution in [0, 0.1) is 5.92 Å². The minimum atomic E-state index is -0.0502. The summed E-state index contributed by atoms with van der Waals surface area (Å²) in [7, 11) is 1.81. The number of carbonyl (C=O) groups is 1. The molecule has 5 heteroatoms. The second-order valence-electron chi connectivity index (χ2n) is 5.46. The first-order valence-electron chi connectivity index (χ1n) is 7.77. The molecule has 2 N–H and O–H groups in total. The lowest BCUT2D eigenvalue weighted by molar-refractivity contribution is 0.0937. The van der Waals surface area contributed by atoms with Gasteiger partial charge >= 0.3 is 0 Å². The highest BCUT2D eigenvalue weighted by Gasteiger charge is 2.20. The van der Waals surface area contributed by atoms with Crippen molar-refractivity contribution in [2.24, 2.45) is 5.92 Å². The van der Waals surface area contributed by atoms with E-state index >= 15 is 0 Å². The minimum Gasteiger partial charge on any atom is -0.381 e. The summed E-state index contributed by atoms with van der Waals surface area (Å²) in [6.45, 7) is 4.27. The zero-order chi connectivity index (χ0) is 15.1. The van der Waals surface area contributed by atoms with E-state index in [9.17, 15) is 4.79 Å². The van der Waals surface area contributed by atoms with Crippen LogP contribution in [0.25, 0.3) is 0 Å². The number of ether oxygens (including phenoxy) is 1. The van der Waals surface area contributed by atoms with Crippen molar-refractivity contribution in [2.75, 3.05) is 32.1 Å². The van der Waals surface area contributed by atoms with Gasteiger partial charge in [0.2, 0.25) is 0 Å². The number of pyridine rings is 1. The van der Waals surface area contributed by atoms with Gasteiger partial charge in [-0.2, -0.15) is 0 Å². The molecule has 0 spiro atoms. The Morgan fingerprint density at radius 1 is 1.43 bits per heavy atom. The molecule has 1 saturated carbocycles. The molecule has 0 unspecified atom stereocenters. The van der Waals surface area contributed by atoms with Crippen molar-refractivity contribution in [3.63, 3.8) is 0 Å². The fraction of sp³-hybridized carbons (Fsp3) is 0.625. The molecule has 0 bridgehead atoms. The Morgan fingerprint density at radius 2 is 2.24 bits per heavy atom. The third-order valence-corrected chi connectivity index (χ3v) is 3.56. The van der Waals surface area contributed by atoms with Crippen LogP contribution >= 0.6 is 0 Å². The maximum Gasteiger partial charge on any atom is 0.251 e. The van der Waals surface area contributed by atoms with E-state index in [1.165, 1.54) is 12.8 Å². The largest absolute Gasteiger partial charge is 0.381 e. The first kappa shape index (κ1) is 15.8. The summed E-state index contributed by atoms with van der Waals surface area (Å²) < 4.78 is 5.55. The summed E-state index contributed by atoms with van der Waals surface area (Å²) in [6.07, 6.45) is 4.28. The van der Waals surface area contributed by atoms with Crippen molar-refractivity contribution in [3.05, 3.63) is 23.4 Å². The van der Waals surface area contributed by atoms with Crippen LogP contribution in [0.1, 0.15) is 42.2 Å². The maximum atomic E-state index is 12.1. The van der Waals surface area contributed by atoms with Gasteiger partial charge in [-0.15, -0.1) is 0 Å². The van der Waals surface area contributed by atoms with Crippen LogP contribution < -0.4 is 10.6 Å². The van der Waals surface area contributed by atoms with E-state index in [1.54, 1.807) is 13.1 Å². The summed E-state index contributed by atoms with van der Waals surface area (Å²) >= 11 is 0. The van der Waals surface area contributed by atoms with E-state index in [2.05, 4.69) is 15.6 Å². The summed E-state index contributed by atoms with van der Waals surface area (Å²) in [5, 5.41) is 5.92. The summed E-state index contributed by atoms with van der Waals surface area (Å²) in [6, 6.07) is 3.62. The molecule has 1 aromatic rings. The van der Waals surface area contributed by atoms with E-state index in [-0.39, 0.29) is 5.91 Å². The van der Waals surface area contributed by atoms with Gasteiger partial charge in [0.1, 0.15) is 5.82 Å². The molecule has 0 aliphatic heterocycles. The van der Waals surface area contributed by atoms with Gasteiger partial charge in [0, 0.05) is 38.1 Å². The predicted molar refractivity (Wildman–Crippen MR) is 83.7 cm³/mol. The Labute approximate surface area is 126 Å². The minimum absolute atomic E-state index is 0.0502. The topological polar surface area (TPSA) is 63.2 Å². The van der Waals surface area contributed by atoms with E-state index in [1.807, 2.05) is 13.0 Å². The van der Waals surface area contributed by atoms with Gasteiger partial charge in [-0.1, -0.05) is 6.92 Å². The lowest BCUT2D eigenvalue weighted by atomic mass is 10.2. The van der Waals surface area contributed by atoms with Crippen molar-refractivity contribution in [1.82, 2.24) is 10.3 Å². The fourth-order valence-corrected chi connectivity index (χ4v) is 2.04. The normalized spacial score (nSPS) is 14.0. The average molecular weight is 291 g/mol. The van der Waals surface area contributed by atoms with Crippen molar-refractivity contribution in [2.45, 2.75) is 32.6 Å². The average Bonchev–Trinajstić information content (AvgIpc) is 3.34. The highest BCUT2D eigenvalue weighted by Crippen LogP contribution is 2.28. The van der Waals surface area contributed by atoms with Gasteiger partial charge in [-0.3, -0.25) is 4.79 Å². The molecule has 0 radical (unpaired) electrons. The van der Waals surface area contributed by atoms with Gasteiger partial charge in [0.15, 0.2) is 0 Å². The zero-order valence-corrected chi connectivity index (χ0v) is 12.9. The maximum absolute atomic E-state index is 12.1. The number of rotatable bonds is 9. The molecule has 1 amide bonds. The number of carbonyl (C=O) groups excluding carboxylic acids is 1. The van der Waals surface area contributed by atoms with Crippen molar-refractivity contribution < 1.29 is 9.53 Å². The molecule has 0 saturated heterocycles. The first-order chi connectivity index (χ1) is 10.2. The lowest BCUT2D eigenvalue weighted by Gasteiger charge is -2.09. The van der Waals surface area contributed by atoms with Crippen molar-refractivity contribution in [1.29, 1.82) is 0 Å². The molecule has 0 aromatic carbocycles. The molecule has 1 fully saturated rings. The van der Waals surface area contributed by atoms with Crippen LogP contribution in [0.2, 0.25) is 0 Å². The number of aryl methyl sites for hydroxylation is 1. The number of hydrogen-bond donors (Lipinski definition) is 2. The highest BCUT2D eigenvalue weighted by molar-refractivity contribution is 5.94. The Hall–Kier alpha value is -1.62. The number of nitrogens with zero attached hydrogens (tertiary/aromatic N) is 1. The molecule has 2 rings (SSSR count). The molecular weight excluding hydrogens is 266 g/mol. The molecule has 1 aliphatic carbocycles. The molecule has 116 valence electrons. The van der Waals surface area contributed by atoms with Crippen LogP contribution in [0.15, 0.2) is 12.1 Å². The van der Waals surface area contributed by atoms with Crippen molar-refractivity contribution >= 4 is 11.7 Å². The Balaban J connectivity index is 1.73. The molecule has 21 heavy (non-hydrogen) atoms. The van der Waals surface area contributed by atoms with Gasteiger partial charge < -0.3 is 15.4 Å². The van der Waals surface area contributed by atoms with E-state index < -0.39 is 0 Å². The van der Waals surface area contributed by atoms with Crippen LogP contribution in [0.5, 0.6) is 0 Å². The van der Waals surface area contributed by atoms with E-state index in [0.717, 1.165) is 43.5 Å². The highest BCUT2D eigenvalue weighted by atomic mass is 16.5. The monoisotopic (exact) mass is 291 g/mol. The summed E-state index contributed by atoms with van der Waals surface area (Å²) in [5.41, 5.74) is 1.57. The SMILES string of the molecule is CCc1cc(C(=O)NCCCOCC2CC2)cc(NC)n1. The standard InChI is InChI=1S/C16H25N3O2/c1-3-14-9-13(10-15(17-2)19-14)16(20)18-7-4-8-21-11-12-5-6-12/h9-10,12H,3-8,11H2,1-2H3,(H,17,19)(H,18,20). The number of nitrogens with one attached hydrogen (secondary N) is 2. The summed E-state index contributed by atoms with van der Waals surface area (Å²) in [5.74, 6) is 1.47. The number of anilines is 1. The number of aromatic nitrogens is 1. The van der Waals surface area contributed by atoms with Gasteiger partial charge in [0.05, 0.1) is 0 Å². The zero-order valence-electron chi connectivity index (χ0n) is 12.9. The van der Waals surface area contributed by atoms with Gasteiger partial charge in [-0.25, -0.2) is 4.98 Å². The second-order valence-corrected chi connectivity index (χ2v) is 5.46. The number of amides is 1. The van der Waals surface area contributed by atoms with Crippen LogP contribution in [-0.4, -0.2) is 37.7 Å². The Bertz CT molecular complexity index is 450. The van der Waals surface area contributed by atoms with Crippen LogP contribution in [-0.2, 0) is 11.2 Å². The quantitative estimate of drug-likeness (QED) is 0.685. The van der Waals surface area contributed by atoms with Gasteiger partial charge in [-0.05, 0) is 43.7 Å². The Morgan fingerprint density at radius 3 is 2.90 bits per heavy atom. The first-order valence-corrected chi connectivity index (χ1v) is 7.77. The second kappa shape index (κ2) is 7.98. The van der Waals surface area contributed by atoms with Gasteiger partial charge in [0.25, 0.3) is 5.91 Å². The molecule has 1 aliphatic rings. The third kappa shape index (κ3) is 5.34. The Kier molecular flexibility index (Phi) is 5.99. The van der Waals surface area contributed by atoms with E-state index in [4.69, 9.17) is 4.74 Å². The van der Waals surface area contributed by atoms with Crippen LogP contribution in [0.4, 0.5) is 5.82 Å². The molecular formula is C16H25N3O2. The lowest BCUT2D eigenvalue weighted by Crippen LogP contribution is -2.25. The number of hydrogen-bond acceptors (Lipinski definition) is 4. The molecule has 0 atom stereocenters. The summed E-state index contributed by atoms with van der Waals surface area (Å²) in [4.78, 5) is 16.5. The fourth-order valence-electron chi connectivity index (χ4n) is 2.04. The van der Waals surface area contributed by atoms with E-state index in [0.29, 0.717) is 12.1 Å².